The maximum Gasteiger partial charge on any atom is 0.124 e. The van der Waals surface area contributed by atoms with Gasteiger partial charge in [0.25, 0.3) is 0 Å². The molecule has 0 saturated heterocycles. The maximum absolute atomic E-state index is 13.2. The van der Waals surface area contributed by atoms with Gasteiger partial charge in [0.15, 0.2) is 0 Å². The van der Waals surface area contributed by atoms with Crippen LogP contribution in [0, 0.1) is 5.82 Å². The summed E-state index contributed by atoms with van der Waals surface area (Å²) in [6.45, 7) is 2.06. The topological polar surface area (TPSA) is 54.0 Å². The number of hydrogen-bond acceptors (Lipinski definition) is 5. The lowest BCUT2D eigenvalue weighted by molar-refractivity contribution is 0.0826. The number of benzene rings is 2. The molecule has 5 nitrogen and oxygen atoms in total. The number of hydrogen-bond donors (Lipinski definition) is 2. The standard InChI is InChI=1S/C21H29FN2O3/c1-24(2)14-19(25)15-27-21-8-7-20(26-3)12-17(21)13-23-10-9-16-5-4-6-18(22)11-16/h4-8,11-12,19,23,25H,9-10,13-15H2,1-3H3. The van der Waals surface area contributed by atoms with Crippen molar-refractivity contribution in [2.45, 2.75) is 19.1 Å². The van der Waals surface area contributed by atoms with Gasteiger partial charge in [0, 0.05) is 18.7 Å². The number of methoxy groups -OCH3 is 1. The Labute approximate surface area is 160 Å². The summed E-state index contributed by atoms with van der Waals surface area (Å²) in [7, 11) is 5.44. The van der Waals surface area contributed by atoms with Gasteiger partial charge in [-0.1, -0.05) is 12.1 Å². The molecule has 1 atom stereocenters. The zero-order valence-electron chi connectivity index (χ0n) is 16.2. The molecule has 148 valence electrons. The largest absolute Gasteiger partial charge is 0.497 e. The van der Waals surface area contributed by atoms with Crippen molar-refractivity contribution in [3.8, 4) is 11.5 Å². The fraction of sp³-hybridized carbons (Fsp3) is 0.429. The van der Waals surface area contributed by atoms with Crippen LogP contribution in [0.15, 0.2) is 42.5 Å². The third-order valence-electron chi connectivity index (χ3n) is 4.07. The molecule has 1 unspecified atom stereocenters. The smallest absolute Gasteiger partial charge is 0.124 e. The Morgan fingerprint density at radius 3 is 2.70 bits per heavy atom. The van der Waals surface area contributed by atoms with E-state index in [0.29, 0.717) is 25.4 Å². The summed E-state index contributed by atoms with van der Waals surface area (Å²) in [5.74, 6) is 1.25. The SMILES string of the molecule is COc1ccc(OCC(O)CN(C)C)c(CNCCc2cccc(F)c2)c1. The van der Waals surface area contributed by atoms with Crippen LogP contribution in [0.2, 0.25) is 0 Å². The summed E-state index contributed by atoms with van der Waals surface area (Å²) >= 11 is 0. The molecule has 2 aromatic rings. The molecule has 0 aliphatic rings. The quantitative estimate of drug-likeness (QED) is 0.590. The number of likely N-dealkylation sites (N-methyl/N-ethyl adjacent to an activating group) is 1. The third-order valence-corrected chi connectivity index (χ3v) is 4.07. The molecule has 0 spiro atoms. The molecule has 0 aliphatic carbocycles. The van der Waals surface area contributed by atoms with Crippen molar-refractivity contribution < 1.29 is 19.0 Å². The van der Waals surface area contributed by atoms with Crippen LogP contribution in [0.3, 0.4) is 0 Å². The molecule has 0 radical (unpaired) electrons. The fourth-order valence-corrected chi connectivity index (χ4v) is 2.77. The molecular weight excluding hydrogens is 347 g/mol. The van der Waals surface area contributed by atoms with Crippen LogP contribution in [0.5, 0.6) is 11.5 Å². The van der Waals surface area contributed by atoms with Crippen LogP contribution in [0.25, 0.3) is 0 Å². The maximum atomic E-state index is 13.2. The van der Waals surface area contributed by atoms with Gasteiger partial charge in [0.05, 0.1) is 7.11 Å². The molecule has 0 fully saturated rings. The molecule has 27 heavy (non-hydrogen) atoms. The first kappa shape index (κ1) is 21.2. The number of rotatable bonds is 11. The van der Waals surface area contributed by atoms with Crippen molar-refractivity contribution in [3.63, 3.8) is 0 Å². The number of nitrogens with zero attached hydrogens (tertiary/aromatic N) is 1. The number of aliphatic hydroxyl groups is 1. The lowest BCUT2D eigenvalue weighted by Gasteiger charge is -2.18. The van der Waals surface area contributed by atoms with Crippen LogP contribution in [0.1, 0.15) is 11.1 Å². The summed E-state index contributed by atoms with van der Waals surface area (Å²) in [5, 5.41) is 13.3. The van der Waals surface area contributed by atoms with Gasteiger partial charge in [-0.05, 0) is 63.0 Å². The van der Waals surface area contributed by atoms with E-state index < -0.39 is 6.10 Å². The lowest BCUT2D eigenvalue weighted by Crippen LogP contribution is -2.30. The van der Waals surface area contributed by atoms with Crippen molar-refractivity contribution in [1.29, 1.82) is 0 Å². The highest BCUT2D eigenvalue weighted by Gasteiger charge is 2.10. The number of ether oxygens (including phenoxy) is 2. The van der Waals surface area contributed by atoms with E-state index in [1.807, 2.05) is 43.3 Å². The Bertz CT molecular complexity index is 710. The Morgan fingerprint density at radius 1 is 1.19 bits per heavy atom. The monoisotopic (exact) mass is 376 g/mol. The second-order valence-corrected chi connectivity index (χ2v) is 6.76. The molecule has 0 amide bonds. The normalized spacial score (nSPS) is 12.2. The Balaban J connectivity index is 1.90. The van der Waals surface area contributed by atoms with E-state index in [9.17, 15) is 9.50 Å². The van der Waals surface area contributed by atoms with Crippen molar-refractivity contribution in [2.75, 3.05) is 40.9 Å². The van der Waals surface area contributed by atoms with Gasteiger partial charge in [-0.25, -0.2) is 4.39 Å². The predicted molar refractivity (Wildman–Crippen MR) is 105 cm³/mol. The van der Waals surface area contributed by atoms with Gasteiger partial charge < -0.3 is 24.8 Å². The number of nitrogens with one attached hydrogen (secondary N) is 1. The Kier molecular flexibility index (Phi) is 8.51. The Hall–Kier alpha value is -2.15. The zero-order valence-corrected chi connectivity index (χ0v) is 16.2. The molecule has 0 bridgehead atoms. The summed E-state index contributed by atoms with van der Waals surface area (Å²) in [6.07, 6.45) is 0.176. The minimum atomic E-state index is -0.559. The summed E-state index contributed by atoms with van der Waals surface area (Å²) in [6, 6.07) is 12.2. The van der Waals surface area contributed by atoms with Crippen molar-refractivity contribution >= 4 is 0 Å². The average molecular weight is 376 g/mol. The van der Waals surface area contributed by atoms with E-state index in [1.165, 1.54) is 6.07 Å². The average Bonchev–Trinajstić information content (AvgIpc) is 2.63. The van der Waals surface area contributed by atoms with Crippen molar-refractivity contribution in [2.24, 2.45) is 0 Å². The van der Waals surface area contributed by atoms with Crippen LogP contribution in [-0.4, -0.2) is 57.0 Å². The first-order chi connectivity index (χ1) is 13.0. The molecular formula is C21H29FN2O3. The van der Waals surface area contributed by atoms with Gasteiger partial charge in [0.1, 0.15) is 30.0 Å². The second-order valence-electron chi connectivity index (χ2n) is 6.76. The van der Waals surface area contributed by atoms with Crippen LogP contribution in [-0.2, 0) is 13.0 Å². The minimum Gasteiger partial charge on any atom is -0.497 e. The first-order valence-electron chi connectivity index (χ1n) is 9.05. The highest BCUT2D eigenvalue weighted by molar-refractivity contribution is 5.40. The molecule has 0 heterocycles. The third kappa shape index (κ3) is 7.54. The molecule has 2 rings (SSSR count). The highest BCUT2D eigenvalue weighted by atomic mass is 19.1. The molecule has 0 aromatic heterocycles. The molecule has 2 N–H and O–H groups in total. The summed E-state index contributed by atoms with van der Waals surface area (Å²) in [5.41, 5.74) is 1.90. The number of aliphatic hydroxyl groups excluding tert-OH is 1. The lowest BCUT2D eigenvalue weighted by atomic mass is 10.1. The van der Waals surface area contributed by atoms with Gasteiger partial charge in [-0.2, -0.15) is 0 Å². The van der Waals surface area contributed by atoms with E-state index in [4.69, 9.17) is 9.47 Å². The van der Waals surface area contributed by atoms with E-state index in [0.717, 1.165) is 23.3 Å². The van der Waals surface area contributed by atoms with Crippen LogP contribution < -0.4 is 14.8 Å². The molecule has 6 heteroatoms. The van der Waals surface area contributed by atoms with E-state index in [-0.39, 0.29) is 12.4 Å². The molecule has 0 aliphatic heterocycles. The van der Waals surface area contributed by atoms with Crippen LogP contribution in [0.4, 0.5) is 4.39 Å². The van der Waals surface area contributed by atoms with E-state index in [2.05, 4.69) is 5.32 Å². The molecule has 2 aromatic carbocycles. The predicted octanol–water partition coefficient (Wildman–Crippen LogP) is 2.47. The Morgan fingerprint density at radius 2 is 2.00 bits per heavy atom. The minimum absolute atomic E-state index is 0.215. The summed E-state index contributed by atoms with van der Waals surface area (Å²) in [4.78, 5) is 1.91. The fourth-order valence-electron chi connectivity index (χ4n) is 2.77. The van der Waals surface area contributed by atoms with E-state index in [1.54, 1.807) is 19.2 Å². The second kappa shape index (κ2) is 10.9. The number of halogens is 1. The highest BCUT2D eigenvalue weighted by Crippen LogP contribution is 2.24. The van der Waals surface area contributed by atoms with Crippen LogP contribution >= 0.6 is 0 Å². The van der Waals surface area contributed by atoms with Gasteiger partial charge >= 0.3 is 0 Å². The first-order valence-corrected chi connectivity index (χ1v) is 9.05. The van der Waals surface area contributed by atoms with Gasteiger partial charge in [0.2, 0.25) is 0 Å². The van der Waals surface area contributed by atoms with Gasteiger partial charge in [-0.15, -0.1) is 0 Å². The molecule has 0 saturated carbocycles. The zero-order chi connectivity index (χ0) is 19.6. The van der Waals surface area contributed by atoms with Crippen molar-refractivity contribution in [3.05, 3.63) is 59.4 Å². The van der Waals surface area contributed by atoms with E-state index >= 15 is 0 Å². The van der Waals surface area contributed by atoms with Crippen molar-refractivity contribution in [1.82, 2.24) is 10.2 Å². The van der Waals surface area contributed by atoms with Gasteiger partial charge in [-0.3, -0.25) is 0 Å². The summed E-state index contributed by atoms with van der Waals surface area (Å²) < 4.78 is 24.3.